The van der Waals surface area contributed by atoms with Crippen LogP contribution in [0, 0.1) is 5.41 Å². The summed E-state index contributed by atoms with van der Waals surface area (Å²) in [5.41, 5.74) is 0.314. The van der Waals surface area contributed by atoms with Gasteiger partial charge in [0.05, 0.1) is 31.3 Å². The topological polar surface area (TPSA) is 90.2 Å². The largest absolute Gasteiger partial charge is 0.376 e. The van der Waals surface area contributed by atoms with Crippen LogP contribution in [-0.2, 0) is 15.9 Å². The third kappa shape index (κ3) is 5.52. The van der Waals surface area contributed by atoms with Crippen molar-refractivity contribution in [1.29, 1.82) is 0 Å². The van der Waals surface area contributed by atoms with E-state index in [-0.39, 0.29) is 11.5 Å². The first-order valence-corrected chi connectivity index (χ1v) is 14.1. The van der Waals surface area contributed by atoms with Gasteiger partial charge in [0.15, 0.2) is 11.6 Å². The fourth-order valence-electron chi connectivity index (χ4n) is 6.26. The van der Waals surface area contributed by atoms with Gasteiger partial charge in [-0.3, -0.25) is 0 Å². The molecule has 0 bridgehead atoms. The Kier molecular flexibility index (Phi) is 6.92. The van der Waals surface area contributed by atoms with Crippen molar-refractivity contribution in [1.82, 2.24) is 29.9 Å². The van der Waals surface area contributed by atoms with Crippen LogP contribution in [0.2, 0.25) is 0 Å². The van der Waals surface area contributed by atoms with Gasteiger partial charge in [-0.2, -0.15) is 4.68 Å². The molecule has 1 spiro atoms. The Morgan fingerprint density at radius 2 is 1.89 bits per heavy atom. The molecule has 0 amide bonds. The maximum atomic E-state index is 13.7. The smallest absolute Gasteiger partial charge is 0.177 e. The van der Waals surface area contributed by atoms with Crippen molar-refractivity contribution >= 4 is 5.82 Å². The summed E-state index contributed by atoms with van der Waals surface area (Å²) in [4.78, 5) is 7.16. The summed E-state index contributed by atoms with van der Waals surface area (Å²) >= 11 is 0. The summed E-state index contributed by atoms with van der Waals surface area (Å²) in [6, 6.07) is 4.26. The van der Waals surface area contributed by atoms with E-state index in [1.165, 1.54) is 12.8 Å². The van der Waals surface area contributed by atoms with E-state index < -0.39 is 6.17 Å². The molecule has 37 heavy (non-hydrogen) atoms. The second kappa shape index (κ2) is 10.2. The van der Waals surface area contributed by atoms with E-state index in [1.54, 1.807) is 4.68 Å². The number of aryl methyl sites for hydroxylation is 1. The molecule has 10 heteroatoms. The maximum absolute atomic E-state index is 13.7. The van der Waals surface area contributed by atoms with E-state index in [1.807, 2.05) is 19.1 Å². The maximum Gasteiger partial charge on any atom is 0.177 e. The van der Waals surface area contributed by atoms with E-state index in [9.17, 15) is 4.39 Å². The molecule has 2 saturated heterocycles. The number of aromatic nitrogens is 5. The summed E-state index contributed by atoms with van der Waals surface area (Å²) in [6.45, 7) is 10.0. The van der Waals surface area contributed by atoms with Gasteiger partial charge in [0, 0.05) is 32.1 Å². The van der Waals surface area contributed by atoms with Gasteiger partial charge >= 0.3 is 0 Å². The molecule has 4 aliphatic rings. The van der Waals surface area contributed by atoms with E-state index in [0.717, 1.165) is 71.0 Å². The fourth-order valence-corrected chi connectivity index (χ4v) is 6.26. The standard InChI is InChI=1S/C27H40FN7O2/c1-3-22-30-25(20-16-21(20)28)35(33-22)24-5-4-23(31-32-24)29-19-6-8-26(2,9-7-19)17-34-12-10-27(11-13-34)18-36-14-15-37-27/h4-5,19-21H,3,6-18H2,1-2H3,(H,29,31)/t19?,20-,21+,26?/m1/s1. The molecule has 0 radical (unpaired) electrons. The van der Waals surface area contributed by atoms with Crippen LogP contribution in [-0.4, -0.2) is 87.1 Å². The zero-order valence-electron chi connectivity index (χ0n) is 22.2. The van der Waals surface area contributed by atoms with Gasteiger partial charge in [0.25, 0.3) is 0 Å². The molecule has 2 aliphatic carbocycles. The van der Waals surface area contributed by atoms with Gasteiger partial charge in [-0.1, -0.05) is 13.8 Å². The number of hydrogen-bond donors (Lipinski definition) is 1. The van der Waals surface area contributed by atoms with E-state index >= 15 is 0 Å². The summed E-state index contributed by atoms with van der Waals surface area (Å²) in [5, 5.41) is 16.9. The Morgan fingerprint density at radius 3 is 2.51 bits per heavy atom. The Bertz CT molecular complexity index is 1050. The predicted molar refractivity (Wildman–Crippen MR) is 138 cm³/mol. The minimum Gasteiger partial charge on any atom is -0.376 e. The van der Waals surface area contributed by atoms with Crippen LogP contribution in [0.25, 0.3) is 5.82 Å². The third-order valence-corrected chi connectivity index (χ3v) is 8.82. The third-order valence-electron chi connectivity index (χ3n) is 8.82. The van der Waals surface area contributed by atoms with Crippen molar-refractivity contribution in [2.24, 2.45) is 5.41 Å². The summed E-state index contributed by atoms with van der Waals surface area (Å²) in [6.07, 6.45) is 7.20. The van der Waals surface area contributed by atoms with Crippen LogP contribution < -0.4 is 5.32 Å². The minimum absolute atomic E-state index is 0.0326. The zero-order chi connectivity index (χ0) is 25.5. The highest BCUT2D eigenvalue weighted by Gasteiger charge is 2.43. The first-order valence-electron chi connectivity index (χ1n) is 14.1. The Morgan fingerprint density at radius 1 is 1.11 bits per heavy atom. The molecule has 0 aromatic carbocycles. The van der Waals surface area contributed by atoms with E-state index in [4.69, 9.17) is 9.47 Å². The second-order valence-electron chi connectivity index (χ2n) is 11.9. The van der Waals surface area contributed by atoms with Gasteiger partial charge in [-0.05, 0) is 62.5 Å². The molecule has 0 unspecified atom stereocenters. The SMILES string of the molecule is CCc1nc([C@@H]2C[C@@H]2F)n(-c2ccc(NC3CCC(C)(CN4CCC5(CC4)COCCO5)CC3)nn2)n1. The average molecular weight is 514 g/mol. The van der Waals surface area contributed by atoms with Crippen molar-refractivity contribution in [3.8, 4) is 5.82 Å². The molecule has 4 heterocycles. The minimum atomic E-state index is -0.828. The van der Waals surface area contributed by atoms with Crippen molar-refractivity contribution in [2.75, 3.05) is 44.8 Å². The molecule has 2 aromatic rings. The highest BCUT2D eigenvalue weighted by Crippen LogP contribution is 2.43. The average Bonchev–Trinajstić information content (AvgIpc) is 3.49. The van der Waals surface area contributed by atoms with Crippen LogP contribution in [0.1, 0.15) is 76.4 Å². The molecule has 1 N–H and O–H groups in total. The van der Waals surface area contributed by atoms with Crippen molar-refractivity contribution in [3.05, 3.63) is 23.8 Å². The zero-order valence-corrected chi connectivity index (χ0v) is 22.2. The lowest BCUT2D eigenvalue weighted by molar-refractivity contribution is -0.178. The van der Waals surface area contributed by atoms with Crippen molar-refractivity contribution in [3.63, 3.8) is 0 Å². The monoisotopic (exact) mass is 513 g/mol. The molecule has 4 fully saturated rings. The van der Waals surface area contributed by atoms with E-state index in [2.05, 4.69) is 37.4 Å². The number of anilines is 1. The summed E-state index contributed by atoms with van der Waals surface area (Å²) < 4.78 is 27.2. The Labute approximate surface area is 218 Å². The van der Waals surface area contributed by atoms with Gasteiger partial charge in [-0.15, -0.1) is 15.3 Å². The number of rotatable bonds is 7. The fraction of sp³-hybridized carbons (Fsp3) is 0.778. The summed E-state index contributed by atoms with van der Waals surface area (Å²) in [7, 11) is 0. The van der Waals surface area contributed by atoms with Crippen LogP contribution in [0.15, 0.2) is 12.1 Å². The molecule has 2 aromatic heterocycles. The van der Waals surface area contributed by atoms with Crippen LogP contribution in [0.5, 0.6) is 0 Å². The first-order chi connectivity index (χ1) is 17.9. The number of hydrogen-bond acceptors (Lipinski definition) is 8. The number of halogens is 1. The molecule has 2 saturated carbocycles. The molecular formula is C27H40FN7O2. The lowest BCUT2D eigenvalue weighted by Gasteiger charge is -2.47. The number of nitrogens with zero attached hydrogens (tertiary/aromatic N) is 6. The van der Waals surface area contributed by atoms with Crippen molar-refractivity contribution in [2.45, 2.75) is 88.9 Å². The molecule has 2 aliphatic heterocycles. The van der Waals surface area contributed by atoms with E-state index in [0.29, 0.717) is 41.8 Å². The highest BCUT2D eigenvalue weighted by atomic mass is 19.1. The first kappa shape index (κ1) is 25.1. The van der Waals surface area contributed by atoms with Crippen LogP contribution in [0.4, 0.5) is 10.2 Å². The number of nitrogens with one attached hydrogen (secondary N) is 1. The van der Waals surface area contributed by atoms with Crippen LogP contribution >= 0.6 is 0 Å². The lowest BCUT2D eigenvalue weighted by atomic mass is 9.73. The highest BCUT2D eigenvalue weighted by molar-refractivity contribution is 5.38. The number of alkyl halides is 1. The van der Waals surface area contributed by atoms with Gasteiger partial charge in [0.1, 0.15) is 17.8 Å². The Hall–Kier alpha value is -2.17. The molecule has 2 atom stereocenters. The molecule has 202 valence electrons. The lowest BCUT2D eigenvalue weighted by Crippen LogP contribution is -2.53. The molecule has 6 rings (SSSR count). The number of piperidine rings is 1. The number of likely N-dealkylation sites (tertiary alicyclic amines) is 1. The predicted octanol–water partition coefficient (Wildman–Crippen LogP) is 3.69. The van der Waals surface area contributed by atoms with Gasteiger partial charge < -0.3 is 19.7 Å². The summed E-state index contributed by atoms with van der Waals surface area (Å²) in [5.74, 6) is 2.57. The Balaban J connectivity index is 1.00. The second-order valence-corrected chi connectivity index (χ2v) is 11.9. The molecule has 9 nitrogen and oxygen atoms in total. The normalized spacial score (nSPS) is 31.9. The van der Waals surface area contributed by atoms with Gasteiger partial charge in [-0.25, -0.2) is 9.37 Å². The molecular weight excluding hydrogens is 473 g/mol. The van der Waals surface area contributed by atoms with Gasteiger partial charge in [0.2, 0.25) is 0 Å². The number of ether oxygens (including phenoxy) is 2. The van der Waals surface area contributed by atoms with Crippen molar-refractivity contribution < 1.29 is 13.9 Å². The quantitative estimate of drug-likeness (QED) is 0.600. The van der Waals surface area contributed by atoms with Crippen LogP contribution in [0.3, 0.4) is 0 Å².